The molecule has 0 spiro atoms. The third-order valence-electron chi connectivity index (χ3n) is 2.28. The van der Waals surface area contributed by atoms with Gasteiger partial charge >= 0.3 is 0 Å². The monoisotopic (exact) mass is 183 g/mol. The van der Waals surface area contributed by atoms with Crippen molar-refractivity contribution in [1.82, 2.24) is 5.32 Å². The first kappa shape index (κ1) is 8.08. The summed E-state index contributed by atoms with van der Waals surface area (Å²) in [5.41, 5.74) is 1.33. The Bertz CT molecular complexity index is 253. The minimum atomic E-state index is 0.534. The van der Waals surface area contributed by atoms with Gasteiger partial charge in [0.1, 0.15) is 0 Å². The predicted octanol–water partition coefficient (Wildman–Crippen LogP) is 2.18. The Morgan fingerprint density at radius 3 is 3.25 bits per heavy atom. The molecule has 1 saturated heterocycles. The zero-order chi connectivity index (χ0) is 8.39. The Kier molecular flexibility index (Phi) is 2.33. The van der Waals surface area contributed by atoms with Gasteiger partial charge in [-0.25, -0.2) is 0 Å². The molecule has 1 atom stereocenters. The molecular formula is C9H13NOS. The Balaban J connectivity index is 2.19. The van der Waals surface area contributed by atoms with Gasteiger partial charge in [0.25, 0.3) is 0 Å². The van der Waals surface area contributed by atoms with E-state index in [1.807, 2.05) is 0 Å². The van der Waals surface area contributed by atoms with Gasteiger partial charge in [0.15, 0.2) is 5.06 Å². The van der Waals surface area contributed by atoms with E-state index in [-0.39, 0.29) is 0 Å². The highest BCUT2D eigenvalue weighted by Gasteiger charge is 2.20. The van der Waals surface area contributed by atoms with E-state index in [9.17, 15) is 0 Å². The Morgan fingerprint density at radius 1 is 1.67 bits per heavy atom. The molecule has 2 rings (SSSR count). The van der Waals surface area contributed by atoms with Gasteiger partial charge in [-0.3, -0.25) is 0 Å². The lowest BCUT2D eigenvalue weighted by atomic mass is 10.1. The summed E-state index contributed by atoms with van der Waals surface area (Å²) in [6.45, 7) is 1.14. The number of ether oxygens (including phenoxy) is 1. The molecule has 2 heterocycles. The second-order valence-corrected chi connectivity index (χ2v) is 3.90. The molecule has 1 fully saturated rings. The largest absolute Gasteiger partial charge is 0.487 e. The van der Waals surface area contributed by atoms with Crippen molar-refractivity contribution >= 4 is 11.3 Å². The maximum atomic E-state index is 5.28. The number of methoxy groups -OCH3 is 1. The van der Waals surface area contributed by atoms with Gasteiger partial charge in [-0.05, 0) is 30.8 Å². The van der Waals surface area contributed by atoms with Gasteiger partial charge in [0.05, 0.1) is 7.11 Å². The molecular weight excluding hydrogens is 170 g/mol. The van der Waals surface area contributed by atoms with Gasteiger partial charge in [-0.1, -0.05) is 0 Å². The van der Waals surface area contributed by atoms with E-state index < -0.39 is 0 Å². The third-order valence-corrected chi connectivity index (χ3v) is 3.17. The smallest absolute Gasteiger partial charge is 0.178 e. The van der Waals surface area contributed by atoms with E-state index in [2.05, 4.69) is 16.8 Å². The van der Waals surface area contributed by atoms with Crippen LogP contribution in [0.15, 0.2) is 11.4 Å². The van der Waals surface area contributed by atoms with Gasteiger partial charge in [0.2, 0.25) is 0 Å². The van der Waals surface area contributed by atoms with Crippen molar-refractivity contribution < 1.29 is 4.74 Å². The molecule has 0 amide bonds. The molecule has 0 aromatic carbocycles. The molecule has 1 aromatic rings. The topological polar surface area (TPSA) is 21.3 Å². The quantitative estimate of drug-likeness (QED) is 0.758. The second kappa shape index (κ2) is 3.46. The van der Waals surface area contributed by atoms with Crippen LogP contribution in [0.4, 0.5) is 0 Å². The molecule has 0 bridgehead atoms. The molecule has 1 aliphatic heterocycles. The molecule has 1 N–H and O–H groups in total. The summed E-state index contributed by atoms with van der Waals surface area (Å²) < 4.78 is 5.28. The highest BCUT2D eigenvalue weighted by Crippen LogP contribution is 2.34. The van der Waals surface area contributed by atoms with Gasteiger partial charge in [0, 0.05) is 11.6 Å². The summed E-state index contributed by atoms with van der Waals surface area (Å²) in [5, 5.41) is 6.62. The first-order chi connectivity index (χ1) is 5.92. The maximum absolute atomic E-state index is 5.28. The lowest BCUT2D eigenvalue weighted by Gasteiger charge is -2.09. The number of rotatable bonds is 2. The Morgan fingerprint density at radius 2 is 2.58 bits per heavy atom. The van der Waals surface area contributed by atoms with Crippen molar-refractivity contribution in [3.05, 3.63) is 17.0 Å². The van der Waals surface area contributed by atoms with E-state index in [1.165, 1.54) is 18.4 Å². The van der Waals surface area contributed by atoms with Crippen molar-refractivity contribution in [2.75, 3.05) is 13.7 Å². The molecule has 2 nitrogen and oxygen atoms in total. The van der Waals surface area contributed by atoms with Crippen LogP contribution in [-0.2, 0) is 0 Å². The van der Waals surface area contributed by atoms with E-state index >= 15 is 0 Å². The molecule has 66 valence electrons. The molecule has 12 heavy (non-hydrogen) atoms. The zero-order valence-electron chi connectivity index (χ0n) is 7.17. The van der Waals surface area contributed by atoms with Crippen molar-refractivity contribution in [1.29, 1.82) is 0 Å². The number of thiophene rings is 1. The average molecular weight is 183 g/mol. The summed E-state index contributed by atoms with van der Waals surface area (Å²) in [6.07, 6.45) is 2.52. The van der Waals surface area contributed by atoms with Crippen LogP contribution in [0.25, 0.3) is 0 Å². The predicted molar refractivity (Wildman–Crippen MR) is 50.8 cm³/mol. The molecule has 0 saturated carbocycles. The SMILES string of the molecule is COc1sccc1[C@@H]1CCCN1. The number of nitrogens with one attached hydrogen (secondary N) is 1. The fourth-order valence-electron chi connectivity index (χ4n) is 1.68. The van der Waals surface area contributed by atoms with Crippen molar-refractivity contribution in [2.24, 2.45) is 0 Å². The molecule has 1 aromatic heterocycles. The lowest BCUT2D eigenvalue weighted by Crippen LogP contribution is -2.12. The minimum Gasteiger partial charge on any atom is -0.487 e. The summed E-state index contributed by atoms with van der Waals surface area (Å²) >= 11 is 1.67. The van der Waals surface area contributed by atoms with Crippen LogP contribution in [0.5, 0.6) is 5.06 Å². The van der Waals surface area contributed by atoms with Crippen LogP contribution in [0.2, 0.25) is 0 Å². The second-order valence-electron chi connectivity index (χ2n) is 3.02. The van der Waals surface area contributed by atoms with Gasteiger partial charge in [-0.15, -0.1) is 11.3 Å². The van der Waals surface area contributed by atoms with E-state index in [4.69, 9.17) is 4.74 Å². The molecule has 1 aliphatic rings. The number of hydrogen-bond donors (Lipinski definition) is 1. The van der Waals surface area contributed by atoms with Crippen molar-refractivity contribution in [3.8, 4) is 5.06 Å². The van der Waals surface area contributed by atoms with Crippen LogP contribution in [0.1, 0.15) is 24.4 Å². The van der Waals surface area contributed by atoms with Crippen LogP contribution < -0.4 is 10.1 Å². The van der Waals surface area contributed by atoms with Crippen molar-refractivity contribution in [2.45, 2.75) is 18.9 Å². The van der Waals surface area contributed by atoms with Gasteiger partial charge in [-0.2, -0.15) is 0 Å². The van der Waals surface area contributed by atoms with Crippen LogP contribution in [0, 0.1) is 0 Å². The number of hydrogen-bond acceptors (Lipinski definition) is 3. The van der Waals surface area contributed by atoms with Gasteiger partial charge < -0.3 is 10.1 Å². The first-order valence-corrected chi connectivity index (χ1v) is 5.14. The van der Waals surface area contributed by atoms with E-state index in [0.717, 1.165) is 11.6 Å². The molecule has 0 aliphatic carbocycles. The third kappa shape index (κ3) is 1.34. The maximum Gasteiger partial charge on any atom is 0.178 e. The normalized spacial score (nSPS) is 22.9. The van der Waals surface area contributed by atoms with Crippen molar-refractivity contribution in [3.63, 3.8) is 0 Å². The fraction of sp³-hybridized carbons (Fsp3) is 0.556. The molecule has 0 radical (unpaired) electrons. The van der Waals surface area contributed by atoms with Crippen LogP contribution in [0.3, 0.4) is 0 Å². The lowest BCUT2D eigenvalue weighted by molar-refractivity contribution is 0.416. The first-order valence-electron chi connectivity index (χ1n) is 4.26. The Hall–Kier alpha value is -0.540. The fourth-order valence-corrected chi connectivity index (χ4v) is 2.46. The summed E-state index contributed by atoms with van der Waals surface area (Å²) in [6, 6.07) is 2.69. The zero-order valence-corrected chi connectivity index (χ0v) is 7.99. The summed E-state index contributed by atoms with van der Waals surface area (Å²) in [7, 11) is 1.74. The minimum absolute atomic E-state index is 0.534. The molecule has 0 unspecified atom stereocenters. The van der Waals surface area contributed by atoms with E-state index in [1.54, 1.807) is 18.4 Å². The highest BCUT2D eigenvalue weighted by molar-refractivity contribution is 7.12. The summed E-state index contributed by atoms with van der Waals surface area (Å²) in [4.78, 5) is 0. The summed E-state index contributed by atoms with van der Waals surface area (Å²) in [5.74, 6) is 0. The highest BCUT2D eigenvalue weighted by atomic mass is 32.1. The van der Waals surface area contributed by atoms with E-state index in [0.29, 0.717) is 6.04 Å². The standard InChI is InChI=1S/C9H13NOS/c1-11-9-7(4-6-12-9)8-3-2-5-10-8/h4,6,8,10H,2-3,5H2,1H3/t8-/m0/s1. The van der Waals surface area contributed by atoms with Crippen LogP contribution in [-0.4, -0.2) is 13.7 Å². The van der Waals surface area contributed by atoms with Crippen LogP contribution >= 0.6 is 11.3 Å². The Labute approximate surface area is 76.6 Å². The molecule has 3 heteroatoms. The average Bonchev–Trinajstić information content (AvgIpc) is 2.74.